The lowest BCUT2D eigenvalue weighted by Gasteiger charge is -2.17. The average Bonchev–Trinajstić information content (AvgIpc) is 3.21. The van der Waals surface area contributed by atoms with Gasteiger partial charge in [0.2, 0.25) is 0 Å². The van der Waals surface area contributed by atoms with E-state index >= 15 is 0 Å². The van der Waals surface area contributed by atoms with Crippen molar-refractivity contribution in [1.82, 2.24) is 24.9 Å². The molecule has 8 nitrogen and oxygen atoms in total. The van der Waals surface area contributed by atoms with Gasteiger partial charge in [0.25, 0.3) is 12.3 Å². The van der Waals surface area contributed by atoms with Crippen LogP contribution < -0.4 is 14.8 Å². The molecular weight excluding hydrogens is 513 g/mol. The summed E-state index contributed by atoms with van der Waals surface area (Å²) in [6.07, 6.45) is -0.803. The molecular formula is C25H22F5N5O3. The molecule has 1 saturated carbocycles. The summed E-state index contributed by atoms with van der Waals surface area (Å²) in [5, 5.41) is 11.0. The van der Waals surface area contributed by atoms with Crippen LogP contribution >= 0.6 is 0 Å². The summed E-state index contributed by atoms with van der Waals surface area (Å²) in [7, 11) is 4.43. The van der Waals surface area contributed by atoms with Crippen LogP contribution in [-0.4, -0.2) is 51.4 Å². The predicted octanol–water partition coefficient (Wildman–Crippen LogP) is 5.03. The summed E-state index contributed by atoms with van der Waals surface area (Å²) < 4.78 is 81.5. The second kappa shape index (κ2) is 9.62. The van der Waals surface area contributed by atoms with Crippen LogP contribution in [-0.2, 0) is 14.1 Å². The Balaban J connectivity index is 1.70. The third-order valence-electron chi connectivity index (χ3n) is 6.27. The lowest BCUT2D eigenvalue weighted by atomic mass is 9.97. The predicted molar refractivity (Wildman–Crippen MR) is 127 cm³/mol. The third-order valence-corrected chi connectivity index (χ3v) is 6.27. The van der Waals surface area contributed by atoms with Gasteiger partial charge in [-0.15, -0.1) is 0 Å². The van der Waals surface area contributed by atoms with Gasteiger partial charge < -0.3 is 14.8 Å². The molecule has 1 fully saturated rings. The number of rotatable bonds is 8. The fourth-order valence-electron chi connectivity index (χ4n) is 4.45. The zero-order valence-electron chi connectivity index (χ0n) is 20.4. The van der Waals surface area contributed by atoms with Crippen molar-refractivity contribution in [3.05, 3.63) is 47.8 Å². The van der Waals surface area contributed by atoms with Crippen molar-refractivity contribution in [2.45, 2.75) is 31.7 Å². The Morgan fingerprint density at radius 2 is 1.79 bits per heavy atom. The van der Waals surface area contributed by atoms with E-state index in [2.05, 4.69) is 20.3 Å². The molecule has 5 rings (SSSR count). The molecule has 1 aliphatic carbocycles. The summed E-state index contributed by atoms with van der Waals surface area (Å²) in [5.74, 6) is -1.58. The Morgan fingerprint density at radius 1 is 1.08 bits per heavy atom. The highest BCUT2D eigenvalue weighted by molar-refractivity contribution is 6.03. The van der Waals surface area contributed by atoms with Gasteiger partial charge in [-0.25, -0.2) is 13.2 Å². The Morgan fingerprint density at radius 3 is 2.37 bits per heavy atom. The second-order valence-electron chi connectivity index (χ2n) is 8.90. The molecule has 0 unspecified atom stereocenters. The van der Waals surface area contributed by atoms with E-state index in [1.165, 1.54) is 41.9 Å². The maximum Gasteiger partial charge on any atom is 0.387 e. The first-order valence-corrected chi connectivity index (χ1v) is 11.5. The number of amides is 1. The van der Waals surface area contributed by atoms with Gasteiger partial charge in [0.15, 0.2) is 0 Å². The fraction of sp³-hybridized carbons (Fsp3) is 0.320. The van der Waals surface area contributed by atoms with Crippen molar-refractivity contribution in [3.8, 4) is 33.9 Å². The number of hydrogen-bond donors (Lipinski definition) is 1. The molecule has 2 heterocycles. The molecule has 0 bridgehead atoms. The van der Waals surface area contributed by atoms with Crippen LogP contribution in [0.2, 0.25) is 0 Å². The van der Waals surface area contributed by atoms with Crippen molar-refractivity contribution >= 4 is 16.8 Å². The van der Waals surface area contributed by atoms with Crippen LogP contribution in [0, 0.1) is 0 Å². The number of ether oxygens (including phenoxy) is 2. The van der Waals surface area contributed by atoms with E-state index in [-0.39, 0.29) is 45.5 Å². The summed E-state index contributed by atoms with van der Waals surface area (Å²) in [6, 6.07) is 4.68. The maximum absolute atomic E-state index is 14.3. The van der Waals surface area contributed by atoms with Crippen LogP contribution in [0.25, 0.3) is 33.3 Å². The molecule has 4 aromatic rings. The number of halogens is 5. The minimum atomic E-state index is -3.31. The van der Waals surface area contributed by atoms with Crippen LogP contribution in [0.4, 0.5) is 22.0 Å². The van der Waals surface area contributed by atoms with Gasteiger partial charge in [-0.05, 0) is 29.8 Å². The van der Waals surface area contributed by atoms with E-state index in [9.17, 15) is 26.7 Å². The molecule has 38 heavy (non-hydrogen) atoms. The Hall–Kier alpha value is -4.16. The molecule has 0 saturated heterocycles. The first kappa shape index (κ1) is 25.5. The number of nitrogens with zero attached hydrogens (tertiary/aromatic N) is 4. The standard InChI is InChI=1S/C25H22F5N5O3/c1-34-10-13(9-31-34)11-4-14(23(27)28)20-17(5-11)33-35(2)22(20)12-6-18(37-3)21(19(7-12)38-25(29)30)24(36)32-16-8-15(16)26/h4-7,9-10,15-16,23,25H,8H2,1-3H3,(H,32,36)/t15-,16+/m0/s1. The molecule has 0 radical (unpaired) electrons. The van der Waals surface area contributed by atoms with Crippen LogP contribution in [0.3, 0.4) is 0 Å². The van der Waals surface area contributed by atoms with E-state index in [0.717, 1.165) is 6.07 Å². The van der Waals surface area contributed by atoms with E-state index < -0.39 is 36.9 Å². The van der Waals surface area contributed by atoms with Crippen molar-refractivity contribution in [1.29, 1.82) is 0 Å². The van der Waals surface area contributed by atoms with Crippen LogP contribution in [0.5, 0.6) is 11.5 Å². The maximum atomic E-state index is 14.3. The number of aromatic nitrogens is 4. The first-order chi connectivity index (χ1) is 18.1. The summed E-state index contributed by atoms with van der Waals surface area (Å²) in [5.41, 5.74) is 0.939. The number of alkyl halides is 5. The number of fused-ring (bicyclic) bond motifs is 1. The second-order valence-corrected chi connectivity index (χ2v) is 8.90. The van der Waals surface area contributed by atoms with Gasteiger partial charge in [0.05, 0.1) is 30.6 Å². The molecule has 0 aliphatic heterocycles. The number of carbonyl (C=O) groups excluding carboxylic acids is 1. The Labute approximate surface area is 212 Å². The summed E-state index contributed by atoms with van der Waals surface area (Å²) in [6.45, 7) is -3.31. The van der Waals surface area contributed by atoms with E-state index in [0.29, 0.717) is 11.1 Å². The van der Waals surface area contributed by atoms with Gasteiger partial charge in [0.1, 0.15) is 23.2 Å². The third kappa shape index (κ3) is 4.63. The fourth-order valence-corrected chi connectivity index (χ4v) is 4.45. The minimum absolute atomic E-state index is 0.0932. The molecule has 2 aromatic heterocycles. The van der Waals surface area contributed by atoms with Crippen molar-refractivity contribution in [2.75, 3.05) is 7.11 Å². The molecule has 13 heteroatoms. The van der Waals surface area contributed by atoms with Gasteiger partial charge in [-0.3, -0.25) is 14.2 Å². The van der Waals surface area contributed by atoms with E-state index in [4.69, 9.17) is 4.74 Å². The van der Waals surface area contributed by atoms with Gasteiger partial charge in [-0.2, -0.15) is 19.0 Å². The Bertz CT molecular complexity index is 1530. The van der Waals surface area contributed by atoms with Gasteiger partial charge >= 0.3 is 6.61 Å². The lowest BCUT2D eigenvalue weighted by Crippen LogP contribution is -2.28. The van der Waals surface area contributed by atoms with Crippen molar-refractivity contribution in [3.63, 3.8) is 0 Å². The van der Waals surface area contributed by atoms with Crippen LogP contribution in [0.15, 0.2) is 36.7 Å². The monoisotopic (exact) mass is 535 g/mol. The zero-order chi connectivity index (χ0) is 27.3. The molecule has 0 spiro atoms. The number of aryl methyl sites for hydroxylation is 2. The normalized spacial score (nSPS) is 16.9. The highest BCUT2D eigenvalue weighted by atomic mass is 19.3. The smallest absolute Gasteiger partial charge is 0.387 e. The SMILES string of the molecule is COc1cc(-c2c3c(C(F)F)cc(-c4cnn(C)c4)cc3nn2C)cc(OC(F)F)c1C(=O)N[C@@H]1C[C@@H]1F. The van der Waals surface area contributed by atoms with Crippen molar-refractivity contribution in [2.24, 2.45) is 14.1 Å². The molecule has 1 N–H and O–H groups in total. The number of carbonyl (C=O) groups is 1. The summed E-state index contributed by atoms with van der Waals surface area (Å²) in [4.78, 5) is 12.8. The number of hydrogen-bond acceptors (Lipinski definition) is 5. The molecule has 2 aromatic carbocycles. The number of benzene rings is 2. The lowest BCUT2D eigenvalue weighted by molar-refractivity contribution is -0.0502. The molecule has 1 amide bonds. The van der Waals surface area contributed by atoms with Crippen molar-refractivity contribution < 1.29 is 36.2 Å². The first-order valence-electron chi connectivity index (χ1n) is 11.5. The van der Waals surface area contributed by atoms with Gasteiger partial charge in [0, 0.05) is 48.8 Å². The molecule has 1 aliphatic rings. The molecule has 2 atom stereocenters. The highest BCUT2D eigenvalue weighted by Gasteiger charge is 2.40. The highest BCUT2D eigenvalue weighted by Crippen LogP contribution is 2.42. The van der Waals surface area contributed by atoms with E-state index in [1.54, 1.807) is 19.3 Å². The Kier molecular flexibility index (Phi) is 6.45. The number of methoxy groups -OCH3 is 1. The number of nitrogens with one attached hydrogen (secondary N) is 1. The summed E-state index contributed by atoms with van der Waals surface area (Å²) >= 11 is 0. The minimum Gasteiger partial charge on any atom is -0.496 e. The largest absolute Gasteiger partial charge is 0.496 e. The van der Waals surface area contributed by atoms with Gasteiger partial charge in [-0.1, -0.05) is 0 Å². The van der Waals surface area contributed by atoms with E-state index in [1.807, 2.05) is 0 Å². The molecule has 200 valence electrons. The van der Waals surface area contributed by atoms with Crippen LogP contribution in [0.1, 0.15) is 28.8 Å². The average molecular weight is 535 g/mol. The zero-order valence-corrected chi connectivity index (χ0v) is 20.4. The quantitative estimate of drug-likeness (QED) is 0.320. The topological polar surface area (TPSA) is 83.2 Å².